The largest absolute Gasteiger partial charge is 0.489 e. The van der Waals surface area contributed by atoms with Gasteiger partial charge in [-0.15, -0.1) is 0 Å². The monoisotopic (exact) mass is 440 g/mol. The van der Waals surface area contributed by atoms with E-state index in [1.807, 2.05) is 0 Å². The summed E-state index contributed by atoms with van der Waals surface area (Å²) in [6.07, 6.45) is 7.11. The molecule has 4 rings (SSSR count). The number of ether oxygens (including phenoxy) is 2. The summed E-state index contributed by atoms with van der Waals surface area (Å²) in [6, 6.07) is 6.09. The van der Waals surface area contributed by atoms with E-state index in [-0.39, 0.29) is 29.3 Å². The van der Waals surface area contributed by atoms with Gasteiger partial charge in [0.1, 0.15) is 13.2 Å². The highest BCUT2D eigenvalue weighted by Gasteiger charge is 2.31. The first-order valence-electron chi connectivity index (χ1n) is 10.9. The number of aromatic nitrogens is 2. The van der Waals surface area contributed by atoms with Crippen LogP contribution in [0.15, 0.2) is 36.7 Å². The maximum Gasteiger partial charge on any atom is 0.327 e. The predicted molar refractivity (Wildman–Crippen MR) is 118 cm³/mol. The van der Waals surface area contributed by atoms with E-state index in [2.05, 4.69) is 20.6 Å². The topological polar surface area (TPSA) is 132 Å². The fourth-order valence-electron chi connectivity index (χ4n) is 3.92. The molecule has 2 atom stereocenters. The highest BCUT2D eigenvalue weighted by Crippen LogP contribution is 2.29. The third-order valence-corrected chi connectivity index (χ3v) is 5.56. The standard InChI is InChI=1S/C22H28N6O4/c23-22(30)28(20-18(8-4-12-27-20)32-14-16-6-2-10-25-16)21(29)19-17(7-3-11-26-19)31-13-15-5-1-9-24-15/h3-4,7-8,11-12,15-16,24-25H,1-2,5-6,9-10,13-14H2,(H2,23,30)/t15-,16+/m1/s1. The Labute approximate surface area is 186 Å². The van der Waals surface area contributed by atoms with E-state index in [1.165, 1.54) is 12.4 Å². The maximum atomic E-state index is 13.4. The van der Waals surface area contributed by atoms with Crippen molar-refractivity contribution >= 4 is 17.8 Å². The molecular formula is C22H28N6O4. The molecule has 2 fully saturated rings. The number of imide groups is 1. The van der Waals surface area contributed by atoms with Crippen molar-refractivity contribution in [2.45, 2.75) is 37.8 Å². The molecule has 0 bridgehead atoms. The Balaban J connectivity index is 1.55. The van der Waals surface area contributed by atoms with E-state index in [0.717, 1.165) is 43.7 Å². The van der Waals surface area contributed by atoms with Crippen molar-refractivity contribution in [3.63, 3.8) is 0 Å². The second kappa shape index (κ2) is 10.4. The van der Waals surface area contributed by atoms with Crippen molar-refractivity contribution in [1.82, 2.24) is 20.6 Å². The quantitative estimate of drug-likeness (QED) is 0.562. The molecule has 4 N–H and O–H groups in total. The average molecular weight is 441 g/mol. The van der Waals surface area contributed by atoms with E-state index < -0.39 is 11.9 Å². The molecule has 2 aromatic heterocycles. The Bertz CT molecular complexity index is 944. The zero-order valence-electron chi connectivity index (χ0n) is 17.8. The highest BCUT2D eigenvalue weighted by molar-refractivity contribution is 6.20. The Morgan fingerprint density at radius 2 is 1.56 bits per heavy atom. The van der Waals surface area contributed by atoms with Gasteiger partial charge in [0.05, 0.1) is 0 Å². The number of amides is 3. The molecule has 10 heteroatoms. The lowest BCUT2D eigenvalue weighted by Crippen LogP contribution is -2.42. The summed E-state index contributed by atoms with van der Waals surface area (Å²) >= 11 is 0. The molecule has 2 aliphatic heterocycles. The van der Waals surface area contributed by atoms with Gasteiger partial charge < -0.3 is 25.8 Å². The van der Waals surface area contributed by atoms with Crippen LogP contribution in [-0.4, -0.2) is 60.3 Å². The van der Waals surface area contributed by atoms with E-state index in [4.69, 9.17) is 15.2 Å². The molecule has 3 amide bonds. The molecule has 0 saturated carbocycles. The van der Waals surface area contributed by atoms with Crippen LogP contribution in [0.3, 0.4) is 0 Å². The number of hydrogen-bond donors (Lipinski definition) is 3. The minimum Gasteiger partial charge on any atom is -0.489 e. The van der Waals surface area contributed by atoms with Crippen molar-refractivity contribution in [2.24, 2.45) is 5.73 Å². The third kappa shape index (κ3) is 5.14. The Morgan fingerprint density at radius 1 is 0.969 bits per heavy atom. The highest BCUT2D eigenvalue weighted by atomic mass is 16.5. The molecule has 0 spiro atoms. The number of primary amides is 1. The average Bonchev–Trinajstić information content (AvgIpc) is 3.51. The zero-order valence-corrected chi connectivity index (χ0v) is 17.8. The summed E-state index contributed by atoms with van der Waals surface area (Å²) in [4.78, 5) is 34.9. The first-order chi connectivity index (χ1) is 15.6. The number of urea groups is 1. The van der Waals surface area contributed by atoms with Crippen molar-refractivity contribution in [2.75, 3.05) is 31.2 Å². The fraction of sp³-hybridized carbons (Fsp3) is 0.455. The molecule has 2 aromatic rings. The molecule has 2 aliphatic rings. The number of carbonyl (C=O) groups is 2. The Morgan fingerprint density at radius 3 is 2.16 bits per heavy atom. The van der Waals surface area contributed by atoms with E-state index in [0.29, 0.717) is 19.0 Å². The summed E-state index contributed by atoms with van der Waals surface area (Å²) < 4.78 is 11.8. The smallest absolute Gasteiger partial charge is 0.327 e. The zero-order chi connectivity index (χ0) is 22.3. The van der Waals surface area contributed by atoms with E-state index in [9.17, 15) is 9.59 Å². The minimum absolute atomic E-state index is 0.0154. The van der Waals surface area contributed by atoms with E-state index in [1.54, 1.807) is 24.3 Å². The summed E-state index contributed by atoms with van der Waals surface area (Å²) in [7, 11) is 0. The molecule has 2 saturated heterocycles. The Hall–Kier alpha value is -3.24. The second-order valence-electron chi connectivity index (χ2n) is 7.86. The minimum atomic E-state index is -0.980. The van der Waals surface area contributed by atoms with Crippen LogP contribution in [0.1, 0.15) is 36.2 Å². The number of pyridine rings is 2. The van der Waals surface area contributed by atoms with Crippen molar-refractivity contribution in [1.29, 1.82) is 0 Å². The molecule has 0 radical (unpaired) electrons. The third-order valence-electron chi connectivity index (χ3n) is 5.56. The second-order valence-corrected chi connectivity index (χ2v) is 7.86. The number of nitrogens with zero attached hydrogens (tertiary/aromatic N) is 3. The lowest BCUT2D eigenvalue weighted by Gasteiger charge is -2.22. The van der Waals surface area contributed by atoms with Crippen LogP contribution in [0.25, 0.3) is 0 Å². The molecule has 0 aliphatic carbocycles. The number of nitrogens with one attached hydrogen (secondary N) is 2. The van der Waals surface area contributed by atoms with Crippen molar-refractivity contribution in [3.8, 4) is 11.5 Å². The molecule has 0 unspecified atom stereocenters. The van der Waals surface area contributed by atoms with Gasteiger partial charge >= 0.3 is 6.03 Å². The summed E-state index contributed by atoms with van der Waals surface area (Å²) in [5, 5.41) is 6.68. The van der Waals surface area contributed by atoms with Crippen LogP contribution in [0.5, 0.6) is 11.5 Å². The van der Waals surface area contributed by atoms with Gasteiger partial charge in [0.25, 0.3) is 5.91 Å². The molecule has 10 nitrogen and oxygen atoms in total. The van der Waals surface area contributed by atoms with Crippen LogP contribution in [0.4, 0.5) is 10.6 Å². The van der Waals surface area contributed by atoms with Crippen molar-refractivity contribution < 1.29 is 19.1 Å². The SMILES string of the molecule is NC(=O)N(C(=O)c1ncccc1OC[C@H]1CCCN1)c1ncccc1OC[C@@H]1CCCN1. The van der Waals surface area contributed by atoms with Crippen LogP contribution >= 0.6 is 0 Å². The normalized spacial score (nSPS) is 20.1. The van der Waals surface area contributed by atoms with Crippen LogP contribution in [-0.2, 0) is 0 Å². The lowest BCUT2D eigenvalue weighted by molar-refractivity contribution is 0.0983. The van der Waals surface area contributed by atoms with Crippen LogP contribution < -0.4 is 30.7 Å². The number of anilines is 1. The first kappa shape index (κ1) is 22.0. The number of rotatable bonds is 8. The number of carbonyl (C=O) groups excluding carboxylic acids is 2. The van der Waals surface area contributed by atoms with Gasteiger partial charge in [-0.3, -0.25) is 4.79 Å². The summed E-state index contributed by atoms with van der Waals surface area (Å²) in [5.41, 5.74) is 5.58. The first-order valence-corrected chi connectivity index (χ1v) is 10.9. The van der Waals surface area contributed by atoms with Crippen molar-refractivity contribution in [3.05, 3.63) is 42.4 Å². The van der Waals surface area contributed by atoms with Crippen LogP contribution in [0.2, 0.25) is 0 Å². The van der Waals surface area contributed by atoms with Gasteiger partial charge in [0.15, 0.2) is 23.0 Å². The Kier molecular flexibility index (Phi) is 7.13. The number of nitrogens with two attached hydrogens (primary N) is 1. The van der Waals surface area contributed by atoms with Gasteiger partial charge in [0, 0.05) is 24.5 Å². The molecule has 170 valence electrons. The van der Waals surface area contributed by atoms with Gasteiger partial charge in [-0.2, -0.15) is 0 Å². The molecule has 32 heavy (non-hydrogen) atoms. The van der Waals surface area contributed by atoms with E-state index >= 15 is 0 Å². The molecule has 0 aromatic carbocycles. The van der Waals surface area contributed by atoms with Crippen LogP contribution in [0, 0.1) is 0 Å². The van der Waals surface area contributed by atoms with Gasteiger partial charge in [-0.1, -0.05) is 0 Å². The van der Waals surface area contributed by atoms with Gasteiger partial charge in [-0.05, 0) is 63.0 Å². The summed E-state index contributed by atoms with van der Waals surface area (Å²) in [6.45, 7) is 2.68. The lowest BCUT2D eigenvalue weighted by atomic mass is 10.2. The fourth-order valence-corrected chi connectivity index (χ4v) is 3.92. The summed E-state index contributed by atoms with van der Waals surface area (Å²) in [5.74, 6) is -0.125. The molecular weight excluding hydrogens is 412 g/mol. The number of hydrogen-bond acceptors (Lipinski definition) is 8. The molecule has 4 heterocycles. The van der Waals surface area contributed by atoms with Gasteiger partial charge in [0.2, 0.25) is 0 Å². The predicted octanol–water partition coefficient (Wildman–Crippen LogP) is 1.46. The maximum absolute atomic E-state index is 13.4. The van der Waals surface area contributed by atoms with Gasteiger partial charge in [-0.25, -0.2) is 19.7 Å².